The van der Waals surface area contributed by atoms with Gasteiger partial charge in [0.2, 0.25) is 0 Å². The van der Waals surface area contributed by atoms with E-state index in [9.17, 15) is 0 Å². The van der Waals surface area contributed by atoms with Gasteiger partial charge in [-0.1, -0.05) is 0 Å². The molecule has 0 saturated carbocycles. The van der Waals surface area contributed by atoms with Crippen LogP contribution in [0.2, 0.25) is 0 Å². The van der Waals surface area contributed by atoms with Crippen LogP contribution in [-0.4, -0.2) is 50.3 Å². The van der Waals surface area contributed by atoms with E-state index in [0.29, 0.717) is 6.10 Å². The summed E-state index contributed by atoms with van der Waals surface area (Å²) in [6.45, 7) is 10.8. The lowest BCUT2D eigenvalue weighted by molar-refractivity contribution is 0.0603. The highest BCUT2D eigenvalue weighted by Gasteiger charge is 2.07. The molecule has 1 rings (SSSR count). The molecular weight excluding hydrogens is 164 g/mol. The molecule has 0 bridgehead atoms. The lowest BCUT2D eigenvalue weighted by Crippen LogP contribution is -2.31. The maximum atomic E-state index is 5.52. The van der Waals surface area contributed by atoms with Crippen LogP contribution < -0.4 is 5.32 Å². The summed E-state index contributed by atoms with van der Waals surface area (Å²) < 4.78 is 5.52. The predicted octanol–water partition coefficient (Wildman–Crippen LogP) is 0.707. The number of rotatable bonds is 4. The Balaban J connectivity index is 2.05. The topological polar surface area (TPSA) is 24.5 Å². The average Bonchev–Trinajstić information content (AvgIpc) is 2.32. The SMILES string of the molecule is CC(C)OCCN1CCCNCC1. The average molecular weight is 186 g/mol. The van der Waals surface area contributed by atoms with Gasteiger partial charge >= 0.3 is 0 Å². The van der Waals surface area contributed by atoms with Gasteiger partial charge < -0.3 is 10.1 Å². The minimum absolute atomic E-state index is 0.366. The summed E-state index contributed by atoms with van der Waals surface area (Å²) in [7, 11) is 0. The van der Waals surface area contributed by atoms with E-state index in [-0.39, 0.29) is 0 Å². The summed E-state index contributed by atoms with van der Waals surface area (Å²) in [5, 5.41) is 3.39. The first-order valence-corrected chi connectivity index (χ1v) is 5.33. The number of hydrogen-bond donors (Lipinski definition) is 1. The zero-order valence-electron chi connectivity index (χ0n) is 8.88. The second-order valence-electron chi connectivity index (χ2n) is 3.86. The molecule has 1 N–H and O–H groups in total. The van der Waals surface area contributed by atoms with Crippen LogP contribution in [0.15, 0.2) is 0 Å². The highest BCUT2D eigenvalue weighted by molar-refractivity contribution is 4.65. The van der Waals surface area contributed by atoms with E-state index in [2.05, 4.69) is 24.1 Å². The van der Waals surface area contributed by atoms with Crippen molar-refractivity contribution in [1.82, 2.24) is 10.2 Å². The largest absolute Gasteiger partial charge is 0.377 e. The van der Waals surface area contributed by atoms with E-state index < -0.39 is 0 Å². The van der Waals surface area contributed by atoms with Crippen molar-refractivity contribution in [2.75, 3.05) is 39.3 Å². The zero-order valence-corrected chi connectivity index (χ0v) is 8.88. The normalized spacial score (nSPS) is 20.5. The van der Waals surface area contributed by atoms with Crippen molar-refractivity contribution in [3.63, 3.8) is 0 Å². The number of nitrogens with one attached hydrogen (secondary N) is 1. The molecular formula is C10H22N2O. The van der Waals surface area contributed by atoms with Gasteiger partial charge in [0, 0.05) is 19.6 Å². The zero-order chi connectivity index (χ0) is 9.52. The third-order valence-electron chi connectivity index (χ3n) is 2.29. The van der Waals surface area contributed by atoms with Crippen molar-refractivity contribution < 1.29 is 4.74 Å². The predicted molar refractivity (Wildman–Crippen MR) is 55.0 cm³/mol. The van der Waals surface area contributed by atoms with Crippen LogP contribution in [0, 0.1) is 0 Å². The number of ether oxygens (including phenoxy) is 1. The Kier molecular flexibility index (Phi) is 5.35. The Morgan fingerprint density at radius 1 is 1.31 bits per heavy atom. The van der Waals surface area contributed by atoms with Crippen LogP contribution in [-0.2, 0) is 4.74 Å². The summed E-state index contributed by atoms with van der Waals surface area (Å²) in [5.41, 5.74) is 0. The van der Waals surface area contributed by atoms with E-state index in [1.807, 2.05) is 0 Å². The van der Waals surface area contributed by atoms with Crippen molar-refractivity contribution in [3.8, 4) is 0 Å². The van der Waals surface area contributed by atoms with Crippen molar-refractivity contribution in [2.24, 2.45) is 0 Å². The fourth-order valence-corrected chi connectivity index (χ4v) is 1.54. The quantitative estimate of drug-likeness (QED) is 0.699. The molecule has 1 aliphatic rings. The van der Waals surface area contributed by atoms with E-state index in [1.165, 1.54) is 26.1 Å². The molecule has 3 heteroatoms. The Bertz CT molecular complexity index is 120. The van der Waals surface area contributed by atoms with Gasteiger partial charge in [0.25, 0.3) is 0 Å². The number of hydrogen-bond acceptors (Lipinski definition) is 3. The standard InChI is InChI=1S/C10H22N2O/c1-10(2)13-9-8-12-6-3-4-11-5-7-12/h10-11H,3-9H2,1-2H3. The molecule has 3 nitrogen and oxygen atoms in total. The summed E-state index contributed by atoms with van der Waals surface area (Å²) in [6, 6.07) is 0. The van der Waals surface area contributed by atoms with Gasteiger partial charge in [0.1, 0.15) is 0 Å². The molecule has 0 radical (unpaired) electrons. The molecule has 1 saturated heterocycles. The Hall–Kier alpha value is -0.120. The lowest BCUT2D eigenvalue weighted by Gasteiger charge is -2.19. The molecule has 1 aliphatic heterocycles. The molecule has 1 fully saturated rings. The van der Waals surface area contributed by atoms with Crippen molar-refractivity contribution in [1.29, 1.82) is 0 Å². The first-order chi connectivity index (χ1) is 6.29. The lowest BCUT2D eigenvalue weighted by atomic mass is 10.4. The van der Waals surface area contributed by atoms with E-state index in [1.54, 1.807) is 0 Å². The van der Waals surface area contributed by atoms with Gasteiger partial charge in [-0.25, -0.2) is 0 Å². The summed E-state index contributed by atoms with van der Waals surface area (Å²) >= 11 is 0. The van der Waals surface area contributed by atoms with Crippen molar-refractivity contribution in [3.05, 3.63) is 0 Å². The maximum Gasteiger partial charge on any atom is 0.0596 e. The van der Waals surface area contributed by atoms with Crippen LogP contribution in [0.1, 0.15) is 20.3 Å². The maximum absolute atomic E-state index is 5.52. The fraction of sp³-hybridized carbons (Fsp3) is 1.00. The second-order valence-corrected chi connectivity index (χ2v) is 3.86. The molecule has 0 aromatic heterocycles. The summed E-state index contributed by atoms with van der Waals surface area (Å²) in [4.78, 5) is 2.47. The van der Waals surface area contributed by atoms with E-state index >= 15 is 0 Å². The van der Waals surface area contributed by atoms with Crippen molar-refractivity contribution >= 4 is 0 Å². The van der Waals surface area contributed by atoms with Gasteiger partial charge in [0.15, 0.2) is 0 Å². The molecule has 0 spiro atoms. The van der Waals surface area contributed by atoms with E-state index in [4.69, 9.17) is 4.74 Å². The minimum atomic E-state index is 0.366. The Morgan fingerprint density at radius 3 is 2.92 bits per heavy atom. The molecule has 0 aliphatic carbocycles. The highest BCUT2D eigenvalue weighted by Crippen LogP contribution is 1.96. The first-order valence-electron chi connectivity index (χ1n) is 5.33. The summed E-state index contributed by atoms with van der Waals surface area (Å²) in [6.07, 6.45) is 1.63. The molecule has 0 amide bonds. The van der Waals surface area contributed by atoms with Crippen LogP contribution >= 0.6 is 0 Å². The summed E-state index contributed by atoms with van der Waals surface area (Å²) in [5.74, 6) is 0. The smallest absolute Gasteiger partial charge is 0.0596 e. The van der Waals surface area contributed by atoms with Gasteiger partial charge in [0.05, 0.1) is 12.7 Å². The van der Waals surface area contributed by atoms with Gasteiger partial charge in [-0.2, -0.15) is 0 Å². The molecule has 0 atom stereocenters. The van der Waals surface area contributed by atoms with Gasteiger partial charge in [-0.05, 0) is 33.4 Å². The third kappa shape index (κ3) is 5.24. The molecule has 1 heterocycles. The Morgan fingerprint density at radius 2 is 2.15 bits per heavy atom. The van der Waals surface area contributed by atoms with Crippen LogP contribution in [0.5, 0.6) is 0 Å². The van der Waals surface area contributed by atoms with Gasteiger partial charge in [-0.15, -0.1) is 0 Å². The molecule has 0 unspecified atom stereocenters. The van der Waals surface area contributed by atoms with E-state index in [0.717, 1.165) is 19.7 Å². The van der Waals surface area contributed by atoms with Gasteiger partial charge in [-0.3, -0.25) is 4.90 Å². The monoisotopic (exact) mass is 186 g/mol. The molecule has 0 aromatic rings. The molecule has 78 valence electrons. The number of nitrogens with zero attached hydrogens (tertiary/aromatic N) is 1. The third-order valence-corrected chi connectivity index (χ3v) is 2.29. The van der Waals surface area contributed by atoms with Crippen LogP contribution in [0.3, 0.4) is 0 Å². The van der Waals surface area contributed by atoms with Crippen molar-refractivity contribution in [2.45, 2.75) is 26.4 Å². The first kappa shape index (κ1) is 11.0. The molecule has 13 heavy (non-hydrogen) atoms. The highest BCUT2D eigenvalue weighted by atomic mass is 16.5. The Labute approximate surface area is 81.4 Å². The second kappa shape index (κ2) is 6.35. The molecule has 0 aromatic carbocycles. The fourth-order valence-electron chi connectivity index (χ4n) is 1.54. The van der Waals surface area contributed by atoms with Crippen LogP contribution in [0.4, 0.5) is 0 Å². The van der Waals surface area contributed by atoms with Crippen LogP contribution in [0.25, 0.3) is 0 Å². The minimum Gasteiger partial charge on any atom is -0.377 e.